The van der Waals surface area contributed by atoms with E-state index in [9.17, 15) is 0 Å². The second kappa shape index (κ2) is 6.73. The van der Waals surface area contributed by atoms with E-state index in [4.69, 9.17) is 5.26 Å². The number of fused-ring (bicyclic) bond motifs is 1. The smallest absolute Gasteiger partial charge is 0.163 e. The largest absolute Gasteiger partial charge is 0.353 e. The first-order chi connectivity index (χ1) is 11.9. The van der Waals surface area contributed by atoms with Gasteiger partial charge in [0.05, 0.1) is 30.6 Å². The van der Waals surface area contributed by atoms with E-state index in [2.05, 4.69) is 30.9 Å². The summed E-state index contributed by atoms with van der Waals surface area (Å²) in [4.78, 5) is 13.9. The van der Waals surface area contributed by atoms with E-state index >= 15 is 0 Å². The lowest BCUT2D eigenvalue weighted by molar-refractivity contribution is 0.187. The first-order valence-corrected chi connectivity index (χ1v) is 8.89. The van der Waals surface area contributed by atoms with Crippen LogP contribution in [-0.2, 0) is 6.54 Å². The number of rotatable bonds is 4. The van der Waals surface area contributed by atoms with Crippen molar-refractivity contribution in [2.75, 3.05) is 31.1 Å². The van der Waals surface area contributed by atoms with Gasteiger partial charge in [-0.05, 0) is 12.8 Å². The minimum absolute atomic E-state index is 0.441. The Bertz CT molecular complexity index is 733. The third-order valence-corrected chi connectivity index (χ3v) is 5.30. The summed E-state index contributed by atoms with van der Waals surface area (Å²) in [5, 5.41) is 14.2. The second-order valence-corrected chi connectivity index (χ2v) is 6.67. The van der Waals surface area contributed by atoms with Crippen molar-refractivity contribution in [2.24, 2.45) is 0 Å². The molecule has 0 aromatic carbocycles. The highest BCUT2D eigenvalue weighted by Crippen LogP contribution is 2.27. The number of nitriles is 1. The number of hydrogen-bond acceptors (Lipinski definition) is 6. The molecule has 1 aliphatic carbocycles. The van der Waals surface area contributed by atoms with Crippen molar-refractivity contribution >= 4 is 16.9 Å². The summed E-state index contributed by atoms with van der Waals surface area (Å²) in [6, 6.07) is 2.96. The lowest BCUT2D eigenvalue weighted by atomic mass is 10.2. The summed E-state index contributed by atoms with van der Waals surface area (Å²) in [5.41, 5.74) is 0.827. The van der Waals surface area contributed by atoms with E-state index in [-0.39, 0.29) is 0 Å². The van der Waals surface area contributed by atoms with Crippen LogP contribution < -0.4 is 4.90 Å². The topological polar surface area (TPSA) is 73.9 Å². The van der Waals surface area contributed by atoms with Gasteiger partial charge in [0.25, 0.3) is 0 Å². The first-order valence-electron chi connectivity index (χ1n) is 8.89. The van der Waals surface area contributed by atoms with Gasteiger partial charge in [-0.25, -0.2) is 14.6 Å². The Labute approximate surface area is 141 Å². The van der Waals surface area contributed by atoms with E-state index in [0.717, 1.165) is 49.1 Å². The van der Waals surface area contributed by atoms with Crippen LogP contribution in [0.15, 0.2) is 12.5 Å². The van der Waals surface area contributed by atoms with Crippen molar-refractivity contribution in [1.82, 2.24) is 24.6 Å². The number of anilines is 1. The minimum atomic E-state index is 0.441. The van der Waals surface area contributed by atoms with E-state index in [1.54, 1.807) is 11.0 Å². The molecular formula is C17H23N7. The third kappa shape index (κ3) is 2.82. The fraction of sp³-hybridized carbons (Fsp3) is 0.647. The summed E-state index contributed by atoms with van der Waals surface area (Å²) in [5.74, 6) is 0.981. The molecule has 2 aromatic heterocycles. The van der Waals surface area contributed by atoms with Crippen molar-refractivity contribution < 1.29 is 0 Å². The average molecular weight is 325 g/mol. The summed E-state index contributed by atoms with van der Waals surface area (Å²) < 4.78 is 1.80. The Balaban J connectivity index is 1.50. The van der Waals surface area contributed by atoms with Crippen LogP contribution in [0.25, 0.3) is 11.0 Å². The van der Waals surface area contributed by atoms with Gasteiger partial charge in [0.2, 0.25) is 0 Å². The molecule has 0 radical (unpaired) electrons. The van der Waals surface area contributed by atoms with Crippen molar-refractivity contribution in [1.29, 1.82) is 5.26 Å². The molecule has 2 fully saturated rings. The van der Waals surface area contributed by atoms with Gasteiger partial charge in [-0.2, -0.15) is 10.4 Å². The number of aryl methyl sites for hydroxylation is 1. The second-order valence-electron chi connectivity index (χ2n) is 6.67. The predicted octanol–water partition coefficient (Wildman–Crippen LogP) is 1.80. The van der Waals surface area contributed by atoms with Crippen molar-refractivity contribution in [3.63, 3.8) is 0 Å². The van der Waals surface area contributed by atoms with Gasteiger partial charge in [-0.1, -0.05) is 12.8 Å². The van der Waals surface area contributed by atoms with E-state index in [1.165, 1.54) is 25.7 Å². The number of piperazine rings is 1. The summed E-state index contributed by atoms with van der Waals surface area (Å²) >= 11 is 0. The SMILES string of the molecule is N#CCCn1ncc2c(N3CCN(C4CCCC4)CC3)ncnc21. The molecule has 0 amide bonds. The molecule has 2 aliphatic rings. The van der Waals surface area contributed by atoms with Crippen LogP contribution in [-0.4, -0.2) is 56.9 Å². The Morgan fingerprint density at radius 1 is 1.12 bits per heavy atom. The molecule has 24 heavy (non-hydrogen) atoms. The molecule has 1 aliphatic heterocycles. The molecule has 0 N–H and O–H groups in total. The van der Waals surface area contributed by atoms with Gasteiger partial charge in [-0.15, -0.1) is 0 Å². The number of aromatic nitrogens is 4. The molecule has 126 valence electrons. The summed E-state index contributed by atoms with van der Waals surface area (Å²) in [6.45, 7) is 4.81. The Morgan fingerprint density at radius 2 is 1.92 bits per heavy atom. The number of hydrogen-bond donors (Lipinski definition) is 0. The Kier molecular flexibility index (Phi) is 4.30. The molecule has 2 aromatic rings. The van der Waals surface area contributed by atoms with Crippen LogP contribution in [0, 0.1) is 11.3 Å². The van der Waals surface area contributed by atoms with Crippen molar-refractivity contribution in [3.8, 4) is 6.07 Å². The van der Waals surface area contributed by atoms with Crippen LogP contribution in [0.5, 0.6) is 0 Å². The van der Waals surface area contributed by atoms with Gasteiger partial charge in [0.15, 0.2) is 5.65 Å². The minimum Gasteiger partial charge on any atom is -0.353 e. The zero-order chi connectivity index (χ0) is 16.4. The molecule has 7 nitrogen and oxygen atoms in total. The molecule has 1 saturated carbocycles. The average Bonchev–Trinajstić information content (AvgIpc) is 3.30. The van der Waals surface area contributed by atoms with Crippen molar-refractivity contribution in [3.05, 3.63) is 12.5 Å². The fourth-order valence-corrected chi connectivity index (χ4v) is 4.02. The highest BCUT2D eigenvalue weighted by Gasteiger charge is 2.27. The standard InChI is InChI=1S/C17H23N7/c18-6-3-7-24-17-15(12-21-24)16(19-13-20-17)23-10-8-22(9-11-23)14-4-1-2-5-14/h12-14H,1-5,7-11H2. The molecule has 0 unspecified atom stereocenters. The van der Waals surface area contributed by atoms with Crippen molar-refractivity contribution in [2.45, 2.75) is 44.7 Å². The summed E-state index contributed by atoms with van der Waals surface area (Å²) in [6.07, 6.45) is 9.40. The van der Waals surface area contributed by atoms with Gasteiger partial charge >= 0.3 is 0 Å². The maximum absolute atomic E-state index is 8.77. The highest BCUT2D eigenvalue weighted by atomic mass is 15.3. The Morgan fingerprint density at radius 3 is 2.67 bits per heavy atom. The van der Waals surface area contributed by atoms with E-state index in [0.29, 0.717) is 13.0 Å². The van der Waals surface area contributed by atoms with Gasteiger partial charge in [0, 0.05) is 32.2 Å². The third-order valence-electron chi connectivity index (χ3n) is 5.30. The van der Waals surface area contributed by atoms with Crippen LogP contribution in [0.4, 0.5) is 5.82 Å². The van der Waals surface area contributed by atoms with E-state index in [1.807, 2.05) is 6.20 Å². The van der Waals surface area contributed by atoms with Gasteiger partial charge in [-0.3, -0.25) is 4.90 Å². The molecule has 7 heteroatoms. The maximum atomic E-state index is 8.77. The fourth-order valence-electron chi connectivity index (χ4n) is 4.02. The van der Waals surface area contributed by atoms with Crippen LogP contribution in [0.1, 0.15) is 32.1 Å². The lowest BCUT2D eigenvalue weighted by Crippen LogP contribution is -2.50. The van der Waals surface area contributed by atoms with Gasteiger partial charge < -0.3 is 4.90 Å². The molecule has 0 spiro atoms. The highest BCUT2D eigenvalue weighted by molar-refractivity contribution is 5.86. The Hall–Kier alpha value is -2.20. The zero-order valence-electron chi connectivity index (χ0n) is 13.9. The monoisotopic (exact) mass is 325 g/mol. The molecular weight excluding hydrogens is 302 g/mol. The zero-order valence-corrected chi connectivity index (χ0v) is 13.9. The van der Waals surface area contributed by atoms with Crippen LogP contribution in [0.3, 0.4) is 0 Å². The van der Waals surface area contributed by atoms with Crippen LogP contribution in [0.2, 0.25) is 0 Å². The summed E-state index contributed by atoms with van der Waals surface area (Å²) in [7, 11) is 0. The van der Waals surface area contributed by atoms with Crippen LogP contribution >= 0.6 is 0 Å². The number of nitrogens with zero attached hydrogens (tertiary/aromatic N) is 7. The predicted molar refractivity (Wildman–Crippen MR) is 91.6 cm³/mol. The molecule has 3 heterocycles. The quantitative estimate of drug-likeness (QED) is 0.853. The lowest BCUT2D eigenvalue weighted by Gasteiger charge is -2.38. The first kappa shape index (κ1) is 15.3. The normalized spacial score (nSPS) is 19.9. The maximum Gasteiger partial charge on any atom is 0.163 e. The molecule has 0 atom stereocenters. The molecule has 0 bridgehead atoms. The molecule has 4 rings (SSSR count). The van der Waals surface area contributed by atoms with Gasteiger partial charge in [0.1, 0.15) is 12.1 Å². The molecule has 1 saturated heterocycles. The van der Waals surface area contributed by atoms with E-state index < -0.39 is 0 Å².